The number of ether oxygens (including phenoxy) is 1. The van der Waals surface area contributed by atoms with Crippen LogP contribution in [0.1, 0.15) is 33.1 Å². The van der Waals surface area contributed by atoms with Gasteiger partial charge in [0.2, 0.25) is 5.91 Å². The average Bonchev–Trinajstić information content (AvgIpc) is 2.93. The Balaban J connectivity index is 1.65. The largest absolute Gasteiger partial charge is 0.367 e. The number of amides is 1. The van der Waals surface area contributed by atoms with Crippen molar-refractivity contribution in [2.45, 2.75) is 44.8 Å². The number of hydrogen-bond acceptors (Lipinski definition) is 2. The van der Waals surface area contributed by atoms with Crippen LogP contribution in [-0.4, -0.2) is 41.5 Å². The SMILES string of the molecule is CC1(C)CN(C(=O)C2CC3CC3C2)CC(CCl)O1. The Morgan fingerprint density at radius 2 is 2.00 bits per heavy atom. The van der Waals surface area contributed by atoms with Crippen LogP contribution in [0.4, 0.5) is 0 Å². The second-order valence-corrected chi connectivity index (χ2v) is 7.11. The molecule has 3 rings (SSSR count). The van der Waals surface area contributed by atoms with E-state index in [0.29, 0.717) is 24.9 Å². The quantitative estimate of drug-likeness (QED) is 0.721. The molecule has 3 aliphatic rings. The fourth-order valence-corrected chi connectivity index (χ4v) is 3.88. The van der Waals surface area contributed by atoms with Gasteiger partial charge in [-0.2, -0.15) is 0 Å². The van der Waals surface area contributed by atoms with Crippen molar-refractivity contribution < 1.29 is 9.53 Å². The lowest BCUT2D eigenvalue weighted by atomic mass is 9.99. The first-order valence-electron chi connectivity index (χ1n) is 7.01. The van der Waals surface area contributed by atoms with Crippen LogP contribution in [0.15, 0.2) is 0 Å². The van der Waals surface area contributed by atoms with Gasteiger partial charge in [0.15, 0.2) is 0 Å². The summed E-state index contributed by atoms with van der Waals surface area (Å²) in [6, 6.07) is 0. The molecule has 1 heterocycles. The van der Waals surface area contributed by atoms with E-state index >= 15 is 0 Å². The lowest BCUT2D eigenvalue weighted by Gasteiger charge is -2.43. The number of halogens is 1. The van der Waals surface area contributed by atoms with Crippen molar-refractivity contribution in [2.75, 3.05) is 19.0 Å². The summed E-state index contributed by atoms with van der Waals surface area (Å²) in [7, 11) is 0. The lowest BCUT2D eigenvalue weighted by Crippen LogP contribution is -2.56. The van der Waals surface area contributed by atoms with Crippen molar-refractivity contribution in [3.8, 4) is 0 Å². The number of nitrogens with zero attached hydrogens (tertiary/aromatic N) is 1. The minimum absolute atomic E-state index is 0.0182. The lowest BCUT2D eigenvalue weighted by molar-refractivity contribution is -0.161. The summed E-state index contributed by atoms with van der Waals surface area (Å²) >= 11 is 5.90. The van der Waals surface area contributed by atoms with E-state index in [9.17, 15) is 4.79 Å². The van der Waals surface area contributed by atoms with E-state index in [1.54, 1.807) is 0 Å². The summed E-state index contributed by atoms with van der Waals surface area (Å²) in [5.74, 6) is 2.80. The summed E-state index contributed by atoms with van der Waals surface area (Å²) in [6.45, 7) is 5.44. The highest BCUT2D eigenvalue weighted by Gasteiger charge is 2.49. The molecule has 1 aliphatic heterocycles. The van der Waals surface area contributed by atoms with Crippen LogP contribution in [0.5, 0.6) is 0 Å². The van der Waals surface area contributed by atoms with E-state index in [1.807, 2.05) is 18.7 Å². The molecule has 3 atom stereocenters. The molecule has 18 heavy (non-hydrogen) atoms. The molecule has 2 saturated carbocycles. The summed E-state index contributed by atoms with van der Waals surface area (Å²) in [4.78, 5) is 14.5. The Labute approximate surface area is 114 Å². The summed E-state index contributed by atoms with van der Waals surface area (Å²) in [5.41, 5.74) is -0.269. The molecule has 3 unspecified atom stereocenters. The highest BCUT2D eigenvalue weighted by atomic mass is 35.5. The van der Waals surface area contributed by atoms with Gasteiger partial charge in [0, 0.05) is 19.0 Å². The molecule has 0 aromatic heterocycles. The molecule has 1 saturated heterocycles. The maximum atomic E-state index is 12.5. The number of morpholine rings is 1. The van der Waals surface area contributed by atoms with Crippen LogP contribution in [0.3, 0.4) is 0 Å². The van der Waals surface area contributed by atoms with Crippen LogP contribution in [0.2, 0.25) is 0 Å². The third-order valence-electron chi connectivity index (χ3n) is 4.56. The first-order chi connectivity index (χ1) is 8.48. The molecule has 4 heteroatoms. The normalized spacial score (nSPS) is 41.6. The fraction of sp³-hybridized carbons (Fsp3) is 0.929. The molecule has 0 bridgehead atoms. The third kappa shape index (κ3) is 2.39. The van der Waals surface area contributed by atoms with Crippen molar-refractivity contribution in [2.24, 2.45) is 17.8 Å². The zero-order valence-electron chi connectivity index (χ0n) is 11.2. The number of fused-ring (bicyclic) bond motifs is 1. The topological polar surface area (TPSA) is 29.5 Å². The average molecular weight is 272 g/mol. The Morgan fingerprint density at radius 1 is 1.33 bits per heavy atom. The Bertz CT molecular complexity index is 348. The molecule has 0 aromatic carbocycles. The van der Waals surface area contributed by atoms with E-state index in [1.165, 1.54) is 6.42 Å². The van der Waals surface area contributed by atoms with Crippen LogP contribution >= 0.6 is 11.6 Å². The van der Waals surface area contributed by atoms with Crippen LogP contribution in [0, 0.1) is 17.8 Å². The smallest absolute Gasteiger partial charge is 0.225 e. The van der Waals surface area contributed by atoms with Crippen molar-refractivity contribution in [1.29, 1.82) is 0 Å². The molecule has 0 N–H and O–H groups in total. The zero-order chi connectivity index (χ0) is 12.9. The molecular formula is C14H22ClNO2. The van der Waals surface area contributed by atoms with Crippen molar-refractivity contribution in [3.05, 3.63) is 0 Å². The summed E-state index contributed by atoms with van der Waals surface area (Å²) in [6.07, 6.45) is 3.58. The highest BCUT2D eigenvalue weighted by Crippen LogP contribution is 2.54. The minimum Gasteiger partial charge on any atom is -0.367 e. The molecule has 0 radical (unpaired) electrons. The van der Waals surface area contributed by atoms with Crippen molar-refractivity contribution >= 4 is 17.5 Å². The Morgan fingerprint density at radius 3 is 2.61 bits per heavy atom. The number of alkyl halides is 1. The van der Waals surface area contributed by atoms with Gasteiger partial charge >= 0.3 is 0 Å². The molecule has 1 amide bonds. The first kappa shape index (κ1) is 12.7. The van der Waals surface area contributed by atoms with Crippen molar-refractivity contribution in [3.63, 3.8) is 0 Å². The van der Waals surface area contributed by atoms with Gasteiger partial charge in [-0.05, 0) is 44.9 Å². The van der Waals surface area contributed by atoms with E-state index < -0.39 is 0 Å². The van der Waals surface area contributed by atoms with Gasteiger partial charge in [0.05, 0.1) is 17.6 Å². The van der Waals surface area contributed by atoms with Gasteiger partial charge < -0.3 is 9.64 Å². The first-order valence-corrected chi connectivity index (χ1v) is 7.54. The maximum absolute atomic E-state index is 12.5. The number of rotatable bonds is 2. The molecule has 0 spiro atoms. The second-order valence-electron chi connectivity index (χ2n) is 6.80. The van der Waals surface area contributed by atoms with Crippen LogP contribution in [-0.2, 0) is 9.53 Å². The summed E-state index contributed by atoms with van der Waals surface area (Å²) in [5, 5.41) is 0. The Kier molecular flexibility index (Phi) is 3.10. The maximum Gasteiger partial charge on any atom is 0.225 e. The molecule has 2 aliphatic carbocycles. The van der Waals surface area contributed by atoms with E-state index in [0.717, 1.165) is 24.7 Å². The van der Waals surface area contributed by atoms with E-state index in [-0.39, 0.29) is 17.6 Å². The molecule has 0 aromatic rings. The van der Waals surface area contributed by atoms with Crippen LogP contribution in [0.25, 0.3) is 0 Å². The highest BCUT2D eigenvalue weighted by molar-refractivity contribution is 6.18. The zero-order valence-corrected chi connectivity index (χ0v) is 11.9. The molecule has 3 nitrogen and oxygen atoms in total. The van der Waals surface area contributed by atoms with Crippen LogP contribution < -0.4 is 0 Å². The van der Waals surface area contributed by atoms with Gasteiger partial charge in [-0.25, -0.2) is 0 Å². The van der Waals surface area contributed by atoms with Gasteiger partial charge in [-0.15, -0.1) is 11.6 Å². The standard InChI is InChI=1S/C14H22ClNO2/c1-14(2)8-16(7-12(6-15)18-14)13(17)11-4-9-3-10(9)5-11/h9-12H,3-8H2,1-2H3. The number of carbonyl (C=O) groups excluding carboxylic acids is 1. The van der Waals surface area contributed by atoms with Gasteiger partial charge in [0.25, 0.3) is 0 Å². The van der Waals surface area contributed by atoms with Gasteiger partial charge in [-0.3, -0.25) is 4.79 Å². The molecule has 102 valence electrons. The minimum atomic E-state index is -0.269. The van der Waals surface area contributed by atoms with Gasteiger partial charge in [-0.1, -0.05) is 0 Å². The Hall–Kier alpha value is -0.280. The predicted octanol–water partition coefficient (Wildman–Crippen LogP) is 2.28. The van der Waals surface area contributed by atoms with E-state index in [2.05, 4.69) is 0 Å². The molecule has 3 fully saturated rings. The predicted molar refractivity (Wildman–Crippen MR) is 70.6 cm³/mol. The number of hydrogen-bond donors (Lipinski definition) is 0. The van der Waals surface area contributed by atoms with Gasteiger partial charge in [0.1, 0.15) is 0 Å². The molecular weight excluding hydrogens is 250 g/mol. The second kappa shape index (κ2) is 4.38. The van der Waals surface area contributed by atoms with E-state index in [4.69, 9.17) is 16.3 Å². The van der Waals surface area contributed by atoms with Crippen molar-refractivity contribution in [1.82, 2.24) is 4.90 Å². The summed E-state index contributed by atoms with van der Waals surface area (Å²) < 4.78 is 5.87. The fourth-order valence-electron chi connectivity index (χ4n) is 3.72. The number of carbonyl (C=O) groups is 1. The monoisotopic (exact) mass is 271 g/mol. The third-order valence-corrected chi connectivity index (χ3v) is 4.90.